The molecule has 0 aliphatic carbocycles. The van der Waals surface area contributed by atoms with Crippen LogP contribution >= 0.6 is 23.4 Å². The smallest absolute Gasteiger partial charge is 0.254 e. The van der Waals surface area contributed by atoms with E-state index < -0.39 is 6.04 Å². The molecule has 0 aromatic heterocycles. The van der Waals surface area contributed by atoms with E-state index in [1.807, 2.05) is 6.26 Å². The zero-order valence-corrected chi connectivity index (χ0v) is 13.9. The Kier molecular flexibility index (Phi) is 7.01. The largest absolute Gasteiger partial charge is 0.345 e. The lowest BCUT2D eigenvalue weighted by molar-refractivity contribution is -0.117. The van der Waals surface area contributed by atoms with Crippen molar-refractivity contribution in [3.63, 3.8) is 0 Å². The van der Waals surface area contributed by atoms with Gasteiger partial charge in [-0.15, -0.1) is 0 Å². The fraction of sp³-hybridized carbons (Fsp3) is 0.429. The first-order valence-electron chi connectivity index (χ1n) is 6.43. The number of thioether (sulfide) groups is 1. The number of halogens is 1. The minimum absolute atomic E-state index is 0.186. The molecule has 0 saturated carbocycles. The molecule has 1 atom stereocenters. The van der Waals surface area contributed by atoms with Crippen molar-refractivity contribution in [2.75, 3.05) is 31.4 Å². The predicted octanol–water partition coefficient (Wildman–Crippen LogP) is 2.06. The van der Waals surface area contributed by atoms with Crippen LogP contribution in [0.15, 0.2) is 18.2 Å². The molecule has 1 aromatic rings. The Hall–Kier alpha value is -1.24. The van der Waals surface area contributed by atoms with E-state index in [0.29, 0.717) is 22.7 Å². The molecule has 0 aliphatic rings. The molecule has 0 fully saturated rings. The maximum absolute atomic E-state index is 11.9. The van der Waals surface area contributed by atoms with Gasteiger partial charge in [-0.25, -0.2) is 0 Å². The van der Waals surface area contributed by atoms with Gasteiger partial charge >= 0.3 is 0 Å². The van der Waals surface area contributed by atoms with Crippen molar-refractivity contribution in [1.82, 2.24) is 4.90 Å². The van der Waals surface area contributed by atoms with Crippen molar-refractivity contribution in [3.8, 4) is 0 Å². The summed E-state index contributed by atoms with van der Waals surface area (Å²) < 4.78 is 0. The molecule has 0 saturated heterocycles. The molecule has 0 heterocycles. The molecule has 0 spiro atoms. The standard InChI is InChI=1S/C14H20ClN3O2S/c1-18(2)14(20)10-5-4-9(8-11(10)15)17-13(19)12(16)6-7-21-3/h4-5,8,12H,6-7,16H2,1-3H3,(H,17,19). The van der Waals surface area contributed by atoms with Gasteiger partial charge in [0.1, 0.15) is 0 Å². The third-order valence-corrected chi connectivity index (χ3v) is 3.80. The summed E-state index contributed by atoms with van der Waals surface area (Å²) in [5, 5.41) is 3.00. The molecule has 1 unspecified atom stereocenters. The number of hydrogen-bond acceptors (Lipinski definition) is 4. The van der Waals surface area contributed by atoms with E-state index in [0.717, 1.165) is 5.75 Å². The summed E-state index contributed by atoms with van der Waals surface area (Å²) in [6.07, 6.45) is 2.57. The average molecular weight is 330 g/mol. The van der Waals surface area contributed by atoms with Gasteiger partial charge in [-0.1, -0.05) is 11.6 Å². The summed E-state index contributed by atoms with van der Waals surface area (Å²) in [6, 6.07) is 4.23. The normalized spacial score (nSPS) is 11.9. The minimum atomic E-state index is -0.556. The highest BCUT2D eigenvalue weighted by molar-refractivity contribution is 7.98. The van der Waals surface area contributed by atoms with Crippen LogP contribution in [0.25, 0.3) is 0 Å². The number of anilines is 1. The minimum Gasteiger partial charge on any atom is -0.345 e. The number of hydrogen-bond donors (Lipinski definition) is 2. The van der Waals surface area contributed by atoms with Crippen LogP contribution in [0.5, 0.6) is 0 Å². The molecule has 1 aromatic carbocycles. The number of carbonyl (C=O) groups is 2. The number of nitrogens with two attached hydrogens (primary N) is 1. The van der Waals surface area contributed by atoms with Gasteiger partial charge in [0.25, 0.3) is 5.91 Å². The average Bonchev–Trinajstić information content (AvgIpc) is 2.44. The zero-order chi connectivity index (χ0) is 16.0. The van der Waals surface area contributed by atoms with Crippen molar-refractivity contribution >= 4 is 40.9 Å². The Labute approximate surface area is 134 Å². The summed E-state index contributed by atoms with van der Waals surface area (Å²) >= 11 is 7.72. The summed E-state index contributed by atoms with van der Waals surface area (Å²) in [7, 11) is 3.30. The number of nitrogens with zero attached hydrogens (tertiary/aromatic N) is 1. The summed E-state index contributed by atoms with van der Waals surface area (Å²) in [6.45, 7) is 0. The van der Waals surface area contributed by atoms with E-state index in [-0.39, 0.29) is 11.8 Å². The number of rotatable bonds is 6. The van der Waals surface area contributed by atoms with Gasteiger partial charge in [0, 0.05) is 19.8 Å². The zero-order valence-electron chi connectivity index (χ0n) is 12.4. The Morgan fingerprint density at radius 2 is 2.10 bits per heavy atom. The van der Waals surface area contributed by atoms with Crippen LogP contribution in [0.4, 0.5) is 5.69 Å². The van der Waals surface area contributed by atoms with E-state index >= 15 is 0 Å². The van der Waals surface area contributed by atoms with Crippen LogP contribution in [0.1, 0.15) is 16.8 Å². The first-order chi connectivity index (χ1) is 9.86. The maximum atomic E-state index is 11.9. The third kappa shape index (κ3) is 5.22. The Balaban J connectivity index is 2.76. The Morgan fingerprint density at radius 3 is 2.62 bits per heavy atom. The van der Waals surface area contributed by atoms with E-state index in [1.165, 1.54) is 4.90 Å². The third-order valence-electron chi connectivity index (χ3n) is 2.84. The highest BCUT2D eigenvalue weighted by Gasteiger charge is 2.16. The summed E-state index contributed by atoms with van der Waals surface area (Å²) in [4.78, 5) is 25.2. The van der Waals surface area contributed by atoms with Crippen LogP contribution in [0.2, 0.25) is 5.02 Å². The second-order valence-corrected chi connectivity index (χ2v) is 6.16. The second kappa shape index (κ2) is 8.26. The topological polar surface area (TPSA) is 75.4 Å². The molecule has 1 rings (SSSR count). The summed E-state index contributed by atoms with van der Waals surface area (Å²) in [5.41, 5.74) is 6.71. The molecule has 116 valence electrons. The molecular weight excluding hydrogens is 310 g/mol. The van der Waals surface area contributed by atoms with Gasteiger partial charge < -0.3 is 16.0 Å². The fourth-order valence-corrected chi connectivity index (χ4v) is 2.37. The van der Waals surface area contributed by atoms with Crippen molar-refractivity contribution < 1.29 is 9.59 Å². The number of amides is 2. The van der Waals surface area contributed by atoms with Crippen molar-refractivity contribution in [3.05, 3.63) is 28.8 Å². The van der Waals surface area contributed by atoms with Crippen LogP contribution in [0.3, 0.4) is 0 Å². The molecule has 2 amide bonds. The van der Waals surface area contributed by atoms with Crippen LogP contribution in [0, 0.1) is 0 Å². The highest BCUT2D eigenvalue weighted by Crippen LogP contribution is 2.22. The lowest BCUT2D eigenvalue weighted by Crippen LogP contribution is -2.36. The molecule has 5 nitrogen and oxygen atoms in total. The van der Waals surface area contributed by atoms with Gasteiger partial charge in [0.2, 0.25) is 5.91 Å². The monoisotopic (exact) mass is 329 g/mol. The molecule has 7 heteroatoms. The summed E-state index contributed by atoms with van der Waals surface area (Å²) in [5.74, 6) is 0.382. The molecule has 3 N–H and O–H groups in total. The van der Waals surface area contributed by atoms with Crippen LogP contribution < -0.4 is 11.1 Å². The quantitative estimate of drug-likeness (QED) is 0.837. The van der Waals surface area contributed by atoms with Gasteiger partial charge in [0.05, 0.1) is 16.6 Å². The highest BCUT2D eigenvalue weighted by atomic mass is 35.5. The fourth-order valence-electron chi connectivity index (χ4n) is 1.62. The van der Waals surface area contributed by atoms with Gasteiger partial charge in [-0.3, -0.25) is 9.59 Å². The lowest BCUT2D eigenvalue weighted by Gasteiger charge is -2.14. The van der Waals surface area contributed by atoms with Gasteiger partial charge in [-0.2, -0.15) is 11.8 Å². The van der Waals surface area contributed by atoms with E-state index in [9.17, 15) is 9.59 Å². The van der Waals surface area contributed by atoms with Crippen molar-refractivity contribution in [2.45, 2.75) is 12.5 Å². The molecular formula is C14H20ClN3O2S. The molecule has 21 heavy (non-hydrogen) atoms. The molecule has 0 aliphatic heterocycles. The Bertz CT molecular complexity index is 523. The molecule has 0 bridgehead atoms. The molecule has 0 radical (unpaired) electrons. The predicted molar refractivity (Wildman–Crippen MR) is 89.1 cm³/mol. The number of benzene rings is 1. The van der Waals surface area contributed by atoms with Crippen molar-refractivity contribution in [2.24, 2.45) is 5.73 Å². The van der Waals surface area contributed by atoms with Crippen LogP contribution in [-0.4, -0.2) is 48.9 Å². The van der Waals surface area contributed by atoms with Crippen molar-refractivity contribution in [1.29, 1.82) is 0 Å². The second-order valence-electron chi connectivity index (χ2n) is 4.77. The van der Waals surface area contributed by atoms with E-state index in [4.69, 9.17) is 17.3 Å². The van der Waals surface area contributed by atoms with E-state index in [1.54, 1.807) is 44.1 Å². The lowest BCUT2D eigenvalue weighted by atomic mass is 10.1. The SMILES string of the molecule is CSCCC(N)C(=O)Nc1ccc(C(=O)N(C)C)c(Cl)c1. The number of nitrogens with one attached hydrogen (secondary N) is 1. The maximum Gasteiger partial charge on any atom is 0.254 e. The Morgan fingerprint density at radius 1 is 1.43 bits per heavy atom. The first kappa shape index (κ1) is 17.8. The number of carbonyl (C=O) groups excluding carboxylic acids is 2. The van der Waals surface area contributed by atoms with Gasteiger partial charge in [0.15, 0.2) is 0 Å². The first-order valence-corrected chi connectivity index (χ1v) is 8.20. The van der Waals surface area contributed by atoms with Gasteiger partial charge in [-0.05, 0) is 36.6 Å². The van der Waals surface area contributed by atoms with E-state index in [2.05, 4.69) is 5.32 Å². The van der Waals surface area contributed by atoms with Crippen LogP contribution in [-0.2, 0) is 4.79 Å².